The molecule has 1 unspecified atom stereocenters. The molecule has 0 bridgehead atoms. The van der Waals surface area contributed by atoms with E-state index in [1.807, 2.05) is 55.2 Å². The van der Waals surface area contributed by atoms with Crippen molar-refractivity contribution in [2.75, 3.05) is 13.7 Å². The van der Waals surface area contributed by atoms with Crippen molar-refractivity contribution in [2.45, 2.75) is 77.5 Å². The van der Waals surface area contributed by atoms with Gasteiger partial charge in [0.2, 0.25) is 5.91 Å². The number of carbonyl (C=O) groups is 2. The molecule has 0 saturated carbocycles. The lowest BCUT2D eigenvalue weighted by Gasteiger charge is -2.23. The molecular formula is C25H37NO5. The van der Waals surface area contributed by atoms with Gasteiger partial charge in [0.05, 0.1) is 18.8 Å². The summed E-state index contributed by atoms with van der Waals surface area (Å²) in [6.45, 7) is 5.16. The summed E-state index contributed by atoms with van der Waals surface area (Å²) in [4.78, 5) is 25.3. The summed E-state index contributed by atoms with van der Waals surface area (Å²) in [7, 11) is 1.66. The Morgan fingerprint density at radius 3 is 2.68 bits per heavy atom. The molecule has 1 aromatic rings. The van der Waals surface area contributed by atoms with Crippen molar-refractivity contribution in [3.05, 3.63) is 47.5 Å². The highest BCUT2D eigenvalue weighted by Gasteiger charge is 2.43. The molecule has 2 atom stereocenters. The van der Waals surface area contributed by atoms with Crippen molar-refractivity contribution in [2.24, 2.45) is 5.41 Å². The van der Waals surface area contributed by atoms with Gasteiger partial charge in [0, 0.05) is 31.9 Å². The van der Waals surface area contributed by atoms with Gasteiger partial charge in [-0.3, -0.25) is 9.59 Å². The van der Waals surface area contributed by atoms with Crippen LogP contribution < -0.4 is 0 Å². The third-order valence-electron chi connectivity index (χ3n) is 5.80. The van der Waals surface area contributed by atoms with Gasteiger partial charge in [-0.05, 0) is 30.4 Å². The third kappa shape index (κ3) is 8.11. The lowest BCUT2D eigenvalue weighted by molar-refractivity contribution is -0.137. The molecule has 1 aliphatic heterocycles. The van der Waals surface area contributed by atoms with E-state index in [2.05, 4.69) is 0 Å². The number of unbranched alkanes of at least 4 members (excludes halogenated alkanes) is 3. The van der Waals surface area contributed by atoms with Crippen molar-refractivity contribution in [3.8, 4) is 0 Å². The number of ether oxygens (including phenoxy) is 1. The number of aliphatic hydroxyl groups is 1. The van der Waals surface area contributed by atoms with Gasteiger partial charge in [-0.15, -0.1) is 0 Å². The Bertz CT molecular complexity index is 758. The first-order valence-electron chi connectivity index (χ1n) is 11.2. The van der Waals surface area contributed by atoms with E-state index in [0.29, 0.717) is 26.0 Å². The van der Waals surface area contributed by atoms with Crippen LogP contribution in [-0.4, -0.2) is 52.8 Å². The van der Waals surface area contributed by atoms with E-state index in [1.165, 1.54) is 0 Å². The number of nitrogens with zero attached hydrogens (tertiary/aromatic N) is 1. The van der Waals surface area contributed by atoms with Gasteiger partial charge in [0.1, 0.15) is 0 Å². The lowest BCUT2D eigenvalue weighted by Crippen LogP contribution is -2.35. The second-order valence-corrected chi connectivity index (χ2v) is 9.12. The molecule has 1 fully saturated rings. The number of amides is 1. The fourth-order valence-corrected chi connectivity index (χ4v) is 4.19. The molecule has 2 rings (SSSR count). The summed E-state index contributed by atoms with van der Waals surface area (Å²) < 4.78 is 5.17. The van der Waals surface area contributed by atoms with Crippen molar-refractivity contribution in [1.29, 1.82) is 0 Å². The average Bonchev–Trinajstić information content (AvgIpc) is 2.92. The zero-order chi connectivity index (χ0) is 22.9. The fourth-order valence-electron chi connectivity index (χ4n) is 4.19. The highest BCUT2D eigenvalue weighted by molar-refractivity contribution is 5.85. The predicted molar refractivity (Wildman–Crippen MR) is 121 cm³/mol. The number of methoxy groups -OCH3 is 1. The van der Waals surface area contributed by atoms with Crippen LogP contribution in [0.2, 0.25) is 0 Å². The third-order valence-corrected chi connectivity index (χ3v) is 5.80. The molecule has 0 aromatic heterocycles. The number of hydrogen-bond donors (Lipinski definition) is 2. The van der Waals surface area contributed by atoms with Crippen LogP contribution in [0.5, 0.6) is 0 Å². The Labute approximate surface area is 185 Å². The summed E-state index contributed by atoms with van der Waals surface area (Å²) in [5, 5.41) is 19.2. The quantitative estimate of drug-likeness (QED) is 0.365. The van der Waals surface area contributed by atoms with Crippen molar-refractivity contribution < 1.29 is 24.5 Å². The largest absolute Gasteiger partial charge is 0.481 e. The molecule has 0 aliphatic carbocycles. The number of likely N-dealkylation sites (tertiary alicyclic amines) is 1. The number of carboxylic acid groups (broad SMARTS) is 1. The Balaban J connectivity index is 1.90. The Morgan fingerprint density at radius 2 is 1.97 bits per heavy atom. The van der Waals surface area contributed by atoms with Gasteiger partial charge in [0.25, 0.3) is 0 Å². The first-order valence-corrected chi connectivity index (χ1v) is 11.2. The molecule has 6 nitrogen and oxygen atoms in total. The predicted octanol–water partition coefficient (Wildman–Crippen LogP) is 3.95. The van der Waals surface area contributed by atoms with Crippen LogP contribution in [0.1, 0.15) is 63.5 Å². The maximum atomic E-state index is 12.8. The summed E-state index contributed by atoms with van der Waals surface area (Å²) in [6.07, 6.45) is 7.92. The molecule has 0 spiro atoms. The minimum absolute atomic E-state index is 0.0176. The molecule has 6 heteroatoms. The van der Waals surface area contributed by atoms with E-state index in [9.17, 15) is 14.7 Å². The fraction of sp³-hybridized carbons (Fsp3) is 0.600. The van der Waals surface area contributed by atoms with Crippen LogP contribution in [0, 0.1) is 5.41 Å². The zero-order valence-corrected chi connectivity index (χ0v) is 19.0. The van der Waals surface area contributed by atoms with E-state index in [-0.39, 0.29) is 18.4 Å². The SMILES string of the molecule is COCc1cccc(C[C@@H](O)/C=C/C2CC(C)(C)C(=O)N2CCCCCCC(=O)O)c1. The monoisotopic (exact) mass is 431 g/mol. The first-order chi connectivity index (χ1) is 14.7. The average molecular weight is 432 g/mol. The highest BCUT2D eigenvalue weighted by Crippen LogP contribution is 2.36. The van der Waals surface area contributed by atoms with Crippen molar-refractivity contribution in [3.63, 3.8) is 0 Å². The highest BCUT2D eigenvalue weighted by atomic mass is 16.5. The number of hydrogen-bond acceptors (Lipinski definition) is 4. The Hall–Kier alpha value is -2.18. The lowest BCUT2D eigenvalue weighted by atomic mass is 9.89. The first kappa shape index (κ1) is 25.1. The van der Waals surface area contributed by atoms with Gasteiger partial charge in [0.15, 0.2) is 0 Å². The number of carbonyl (C=O) groups excluding carboxylic acids is 1. The molecule has 1 aliphatic rings. The molecule has 2 N–H and O–H groups in total. The molecule has 172 valence electrons. The summed E-state index contributed by atoms with van der Waals surface area (Å²) in [6, 6.07) is 7.99. The van der Waals surface area contributed by atoms with Crippen molar-refractivity contribution in [1.82, 2.24) is 4.90 Å². The Morgan fingerprint density at radius 1 is 1.26 bits per heavy atom. The molecule has 1 saturated heterocycles. The zero-order valence-electron chi connectivity index (χ0n) is 19.0. The van der Waals surface area contributed by atoms with Crippen LogP contribution in [-0.2, 0) is 27.4 Å². The maximum absolute atomic E-state index is 12.8. The van der Waals surface area contributed by atoms with Crippen LogP contribution in [0.25, 0.3) is 0 Å². The summed E-state index contributed by atoms with van der Waals surface area (Å²) >= 11 is 0. The molecule has 1 aromatic carbocycles. The normalized spacial score (nSPS) is 19.3. The standard InChI is InChI=1S/C25H37NO5/c1-25(2)17-21(26(24(25)30)14-7-5-4-6-11-23(28)29)12-13-22(27)16-19-9-8-10-20(15-19)18-31-3/h8-10,12-13,15,21-22,27H,4-7,11,14,16-18H2,1-3H3,(H,28,29)/b13-12+/t21?,22-/m0/s1. The smallest absolute Gasteiger partial charge is 0.303 e. The van der Waals surface area contributed by atoms with E-state index >= 15 is 0 Å². The number of aliphatic hydroxyl groups excluding tert-OH is 1. The molecule has 31 heavy (non-hydrogen) atoms. The summed E-state index contributed by atoms with van der Waals surface area (Å²) in [5.41, 5.74) is 1.72. The molecule has 0 radical (unpaired) electrons. The van der Waals surface area contributed by atoms with Crippen LogP contribution in [0.4, 0.5) is 0 Å². The number of carboxylic acids is 1. The van der Waals surface area contributed by atoms with Crippen LogP contribution in [0.15, 0.2) is 36.4 Å². The maximum Gasteiger partial charge on any atom is 0.303 e. The van der Waals surface area contributed by atoms with Crippen LogP contribution >= 0.6 is 0 Å². The van der Waals surface area contributed by atoms with Gasteiger partial charge in [-0.2, -0.15) is 0 Å². The van der Waals surface area contributed by atoms with E-state index in [1.54, 1.807) is 7.11 Å². The number of benzene rings is 1. The molecule has 1 amide bonds. The minimum Gasteiger partial charge on any atom is -0.481 e. The summed E-state index contributed by atoms with van der Waals surface area (Å²) in [5.74, 6) is -0.611. The van der Waals surface area contributed by atoms with Crippen molar-refractivity contribution >= 4 is 11.9 Å². The number of rotatable bonds is 13. The Kier molecular flexibility index (Phi) is 9.72. The minimum atomic E-state index is -0.759. The van der Waals surface area contributed by atoms with E-state index in [4.69, 9.17) is 9.84 Å². The number of aliphatic carboxylic acids is 1. The van der Waals surface area contributed by atoms with Gasteiger partial charge >= 0.3 is 5.97 Å². The topological polar surface area (TPSA) is 87.1 Å². The molecular weight excluding hydrogens is 394 g/mol. The van der Waals surface area contributed by atoms with Crippen LogP contribution in [0.3, 0.4) is 0 Å². The van der Waals surface area contributed by atoms with E-state index in [0.717, 1.165) is 36.8 Å². The molecule has 1 heterocycles. The van der Waals surface area contributed by atoms with Gasteiger partial charge in [-0.1, -0.05) is 63.1 Å². The second-order valence-electron chi connectivity index (χ2n) is 9.12. The second kappa shape index (κ2) is 12.0. The van der Waals surface area contributed by atoms with Gasteiger partial charge in [-0.25, -0.2) is 0 Å². The van der Waals surface area contributed by atoms with Gasteiger partial charge < -0.3 is 19.8 Å². The van der Waals surface area contributed by atoms with E-state index < -0.39 is 17.5 Å².